The molecule has 2 aromatic rings. The van der Waals surface area contributed by atoms with Crippen LogP contribution in [0.1, 0.15) is 17.6 Å². The van der Waals surface area contributed by atoms with E-state index in [-0.39, 0.29) is 28.7 Å². The van der Waals surface area contributed by atoms with Crippen LogP contribution in [0.2, 0.25) is 0 Å². The Morgan fingerprint density at radius 3 is 2.67 bits per heavy atom. The molecule has 0 aromatic carbocycles. The van der Waals surface area contributed by atoms with Gasteiger partial charge in [0.05, 0.1) is 0 Å². The number of amides is 2. The molecule has 4 atom stereocenters. The highest BCUT2D eigenvalue weighted by molar-refractivity contribution is 8.01. The Kier molecular flexibility index (Phi) is 9.68. The number of hydrogen-bond acceptors (Lipinski definition) is 16. The molecule has 1 saturated heterocycles. The molecule has 1 fully saturated rings. The second-order valence-electron chi connectivity index (χ2n) is 8.87. The van der Waals surface area contributed by atoms with Gasteiger partial charge in [0, 0.05) is 18.6 Å². The number of nitrogens with two attached hydrogens (primary N) is 2. The number of carbonyl (C=O) groups excluding carboxylic acids is 3. The monoisotopic (exact) mass is 639 g/mol. The summed E-state index contributed by atoms with van der Waals surface area (Å²) >= 11 is 2.48. The first-order valence-corrected chi connectivity index (χ1v) is 14.2. The van der Waals surface area contributed by atoms with Crippen molar-refractivity contribution in [2.45, 2.75) is 28.7 Å². The fourth-order valence-electron chi connectivity index (χ4n) is 3.89. The second-order valence-corrected chi connectivity index (χ2v) is 10.9. The lowest BCUT2D eigenvalue weighted by Gasteiger charge is -2.49. The van der Waals surface area contributed by atoms with Gasteiger partial charge in [-0.2, -0.15) is 0 Å². The average molecular weight is 640 g/mol. The van der Waals surface area contributed by atoms with Gasteiger partial charge in [0.25, 0.3) is 11.8 Å². The standard InChI is InChI=1S/C22H25N9O10S2/c1-30-22(26-28-29-30)43-7-8-6-42-18-14(17(33)31(18)15(8)20(36)37)25-16(32)13(27-39-2)11-4-3-10(41-11)12(24)21(38)40-5-9(23)19(34)35/h3-4,9,12,14,18H,5-7,23-24H2,1-2H3,(H,25,32)(H,34,35)(H,36,37)/b27-13+/t9-,12?,14-,18-/m1/s1. The molecule has 2 aliphatic rings. The Hall–Kier alpha value is -4.47. The number of ether oxygens (including phenoxy) is 1. The van der Waals surface area contributed by atoms with Crippen molar-refractivity contribution in [2.75, 3.05) is 25.2 Å². The van der Waals surface area contributed by atoms with E-state index in [1.807, 2.05) is 0 Å². The first kappa shape index (κ1) is 31.5. The summed E-state index contributed by atoms with van der Waals surface area (Å²) in [4.78, 5) is 67.2. The fourth-order valence-corrected chi connectivity index (χ4v) is 6.22. The van der Waals surface area contributed by atoms with Gasteiger partial charge in [-0.05, 0) is 28.1 Å². The molecule has 7 N–H and O–H groups in total. The number of carbonyl (C=O) groups is 5. The van der Waals surface area contributed by atoms with Gasteiger partial charge < -0.3 is 41.0 Å². The van der Waals surface area contributed by atoms with Crippen molar-refractivity contribution in [3.8, 4) is 0 Å². The van der Waals surface area contributed by atoms with Gasteiger partial charge in [-0.1, -0.05) is 16.9 Å². The van der Waals surface area contributed by atoms with Crippen molar-refractivity contribution in [2.24, 2.45) is 23.7 Å². The van der Waals surface area contributed by atoms with Crippen LogP contribution in [0.15, 0.2) is 38.1 Å². The SMILES string of the molecule is CO/N=C(/C(=O)N[C@@H]1C(=O)N2C(C(=O)O)=C(CSc3nnnn3C)CS[C@H]12)c1ccc(C(N)C(=O)OC[C@@H](N)C(=O)O)o1. The number of hydrogen-bond donors (Lipinski definition) is 5. The van der Waals surface area contributed by atoms with Crippen molar-refractivity contribution in [3.05, 3.63) is 34.9 Å². The first-order chi connectivity index (χ1) is 20.4. The Labute approximate surface area is 249 Å². The Bertz CT molecular complexity index is 1510. The number of β-lactam (4-membered cyclic amide) rings is 1. The molecule has 2 amide bonds. The zero-order valence-corrected chi connectivity index (χ0v) is 24.0. The van der Waals surface area contributed by atoms with E-state index in [4.69, 9.17) is 30.6 Å². The molecule has 1 unspecified atom stereocenters. The van der Waals surface area contributed by atoms with Gasteiger partial charge in [-0.25, -0.2) is 14.3 Å². The summed E-state index contributed by atoms with van der Waals surface area (Å²) in [6.45, 7) is -0.627. The van der Waals surface area contributed by atoms with E-state index < -0.39 is 65.5 Å². The lowest BCUT2D eigenvalue weighted by Crippen LogP contribution is -2.71. The summed E-state index contributed by atoms with van der Waals surface area (Å²) in [5, 5.41) is 35.7. The van der Waals surface area contributed by atoms with E-state index in [1.165, 1.54) is 47.4 Å². The number of carboxylic acid groups (broad SMARTS) is 2. The molecule has 0 aliphatic carbocycles. The zero-order valence-electron chi connectivity index (χ0n) is 22.4. The second kappa shape index (κ2) is 13.2. The molecular formula is C22H25N9O10S2. The van der Waals surface area contributed by atoms with E-state index in [1.54, 1.807) is 7.05 Å². The molecule has 2 aliphatic heterocycles. The number of nitrogens with one attached hydrogen (secondary N) is 1. The van der Waals surface area contributed by atoms with Gasteiger partial charge in [-0.3, -0.25) is 19.3 Å². The topological polar surface area (TPSA) is 281 Å². The van der Waals surface area contributed by atoms with Crippen molar-refractivity contribution in [1.29, 1.82) is 0 Å². The van der Waals surface area contributed by atoms with Crippen molar-refractivity contribution >= 4 is 59.0 Å². The third-order valence-electron chi connectivity index (χ3n) is 6.03. The summed E-state index contributed by atoms with van der Waals surface area (Å²) in [5.74, 6) is -5.06. The van der Waals surface area contributed by atoms with Crippen LogP contribution in [0.25, 0.3) is 0 Å². The minimum Gasteiger partial charge on any atom is -0.480 e. The number of esters is 1. The zero-order chi connectivity index (χ0) is 31.4. The number of tetrazole rings is 1. The van der Waals surface area contributed by atoms with Gasteiger partial charge in [0.2, 0.25) is 10.9 Å². The molecule has 0 radical (unpaired) electrons. The molecule has 21 heteroatoms. The summed E-state index contributed by atoms with van der Waals surface area (Å²) in [5.41, 5.74) is 11.0. The third kappa shape index (κ3) is 6.63. The van der Waals surface area contributed by atoms with E-state index in [0.29, 0.717) is 10.7 Å². The number of rotatable bonds is 13. The maximum atomic E-state index is 13.1. The Morgan fingerprint density at radius 1 is 1.30 bits per heavy atom. The minimum atomic E-state index is -1.49. The van der Waals surface area contributed by atoms with Gasteiger partial charge >= 0.3 is 17.9 Å². The third-order valence-corrected chi connectivity index (χ3v) is 8.47. The van der Waals surface area contributed by atoms with Gasteiger partial charge in [-0.15, -0.1) is 16.9 Å². The molecule has 230 valence electrons. The highest BCUT2D eigenvalue weighted by Crippen LogP contribution is 2.41. The average Bonchev–Trinajstić information content (AvgIpc) is 3.63. The summed E-state index contributed by atoms with van der Waals surface area (Å²) in [6.07, 6.45) is 0. The number of fused-ring (bicyclic) bond motifs is 1. The number of nitrogens with zero attached hydrogens (tertiary/aromatic N) is 6. The predicted molar refractivity (Wildman–Crippen MR) is 145 cm³/mol. The highest BCUT2D eigenvalue weighted by atomic mass is 32.2. The van der Waals surface area contributed by atoms with E-state index in [9.17, 15) is 29.1 Å². The van der Waals surface area contributed by atoms with Crippen LogP contribution in [-0.4, -0.2) is 113 Å². The Morgan fingerprint density at radius 2 is 2.05 bits per heavy atom. The molecule has 19 nitrogen and oxygen atoms in total. The number of aliphatic carboxylic acids is 2. The first-order valence-electron chi connectivity index (χ1n) is 12.1. The molecular weight excluding hydrogens is 614 g/mol. The Balaban J connectivity index is 1.43. The number of carboxylic acids is 2. The van der Waals surface area contributed by atoms with E-state index >= 15 is 0 Å². The quantitative estimate of drug-likeness (QED) is 0.0503. The van der Waals surface area contributed by atoms with Crippen LogP contribution >= 0.6 is 23.5 Å². The normalized spacial score (nSPS) is 19.7. The molecule has 0 saturated carbocycles. The summed E-state index contributed by atoms with van der Waals surface area (Å²) in [6, 6.07) is -1.48. The van der Waals surface area contributed by atoms with Crippen molar-refractivity contribution in [3.63, 3.8) is 0 Å². The highest BCUT2D eigenvalue weighted by Gasteiger charge is 2.54. The lowest BCUT2D eigenvalue weighted by molar-refractivity contribution is -0.150. The smallest absolute Gasteiger partial charge is 0.352 e. The maximum Gasteiger partial charge on any atom is 0.352 e. The number of aromatic nitrogens is 4. The molecule has 4 rings (SSSR count). The number of furan rings is 1. The summed E-state index contributed by atoms with van der Waals surface area (Å²) in [7, 11) is 2.81. The number of oxime groups is 1. The van der Waals surface area contributed by atoms with Crippen LogP contribution in [0.3, 0.4) is 0 Å². The molecule has 4 heterocycles. The van der Waals surface area contributed by atoms with Crippen LogP contribution < -0.4 is 16.8 Å². The number of thioether (sulfide) groups is 2. The van der Waals surface area contributed by atoms with Crippen molar-refractivity contribution in [1.82, 2.24) is 30.4 Å². The van der Waals surface area contributed by atoms with Crippen LogP contribution in [0.5, 0.6) is 0 Å². The molecule has 43 heavy (non-hydrogen) atoms. The van der Waals surface area contributed by atoms with Crippen LogP contribution in [0, 0.1) is 0 Å². The fraction of sp³-hybridized carbons (Fsp3) is 0.409. The molecule has 2 aromatic heterocycles. The summed E-state index contributed by atoms with van der Waals surface area (Å²) < 4.78 is 11.7. The van der Waals surface area contributed by atoms with E-state index in [0.717, 1.165) is 4.90 Å². The maximum absolute atomic E-state index is 13.1. The lowest BCUT2D eigenvalue weighted by atomic mass is 10.0. The van der Waals surface area contributed by atoms with Crippen LogP contribution in [-0.2, 0) is 40.6 Å². The van der Waals surface area contributed by atoms with Gasteiger partial charge in [0.1, 0.15) is 42.6 Å². The largest absolute Gasteiger partial charge is 0.480 e. The van der Waals surface area contributed by atoms with Gasteiger partial charge in [0.15, 0.2) is 11.8 Å². The van der Waals surface area contributed by atoms with Crippen LogP contribution in [0.4, 0.5) is 0 Å². The number of aryl methyl sites for hydroxylation is 1. The predicted octanol–water partition coefficient (Wildman–Crippen LogP) is -2.36. The van der Waals surface area contributed by atoms with E-state index in [2.05, 4.69) is 26.0 Å². The minimum absolute atomic E-state index is 0.145. The molecule has 0 bridgehead atoms. The van der Waals surface area contributed by atoms with Crippen molar-refractivity contribution < 1.29 is 48.2 Å². The molecule has 0 spiro atoms.